The fourth-order valence-corrected chi connectivity index (χ4v) is 2.74. The van der Waals surface area contributed by atoms with Gasteiger partial charge in [-0.05, 0) is 56.5 Å². The highest BCUT2D eigenvalue weighted by Crippen LogP contribution is 2.29. The molecule has 20 heavy (non-hydrogen) atoms. The third kappa shape index (κ3) is 3.70. The van der Waals surface area contributed by atoms with Gasteiger partial charge in [-0.15, -0.1) is 0 Å². The van der Waals surface area contributed by atoms with Crippen molar-refractivity contribution in [1.29, 1.82) is 0 Å². The van der Waals surface area contributed by atoms with Crippen LogP contribution in [0.1, 0.15) is 44.7 Å². The van der Waals surface area contributed by atoms with Gasteiger partial charge in [-0.2, -0.15) is 0 Å². The van der Waals surface area contributed by atoms with Crippen molar-refractivity contribution in [3.05, 3.63) is 29.6 Å². The lowest BCUT2D eigenvalue weighted by atomic mass is 10.0. The number of nitrogens with one attached hydrogen (secondary N) is 1. The van der Waals surface area contributed by atoms with E-state index < -0.39 is 0 Å². The average molecular weight is 280 g/mol. The van der Waals surface area contributed by atoms with Crippen LogP contribution in [-0.4, -0.2) is 30.8 Å². The molecule has 1 atom stereocenters. The highest BCUT2D eigenvalue weighted by Gasteiger charge is 2.21. The molecule has 0 radical (unpaired) electrons. The third-order valence-corrected chi connectivity index (χ3v) is 3.96. The zero-order valence-corrected chi connectivity index (χ0v) is 12.4. The first-order chi connectivity index (χ1) is 9.61. The van der Waals surface area contributed by atoms with Gasteiger partial charge in [-0.3, -0.25) is 0 Å². The largest absolute Gasteiger partial charge is 0.393 e. The van der Waals surface area contributed by atoms with Crippen LogP contribution in [0.2, 0.25) is 0 Å². The summed E-state index contributed by atoms with van der Waals surface area (Å²) >= 11 is 0. The van der Waals surface area contributed by atoms with Crippen LogP contribution >= 0.6 is 0 Å². The zero-order valence-electron chi connectivity index (χ0n) is 12.4. The molecule has 2 rings (SSSR count). The Kier molecular flexibility index (Phi) is 5.38. The first-order valence-electron chi connectivity index (χ1n) is 7.57. The number of halogens is 1. The number of aliphatic hydroxyl groups excluding tert-OH is 1. The molecule has 0 bridgehead atoms. The van der Waals surface area contributed by atoms with Gasteiger partial charge < -0.3 is 15.3 Å². The van der Waals surface area contributed by atoms with Crippen molar-refractivity contribution >= 4 is 5.69 Å². The van der Waals surface area contributed by atoms with Crippen LogP contribution in [0.3, 0.4) is 0 Å². The summed E-state index contributed by atoms with van der Waals surface area (Å²) < 4.78 is 13.6. The van der Waals surface area contributed by atoms with Crippen LogP contribution < -0.4 is 10.2 Å². The molecule has 1 aromatic rings. The molecule has 1 fully saturated rings. The second-order valence-corrected chi connectivity index (χ2v) is 5.60. The molecule has 3 nitrogen and oxygen atoms in total. The first-order valence-corrected chi connectivity index (χ1v) is 7.57. The quantitative estimate of drug-likeness (QED) is 0.870. The minimum Gasteiger partial charge on any atom is -0.393 e. The Morgan fingerprint density at radius 3 is 2.75 bits per heavy atom. The van der Waals surface area contributed by atoms with Crippen molar-refractivity contribution < 1.29 is 9.50 Å². The number of rotatable bonds is 5. The van der Waals surface area contributed by atoms with Gasteiger partial charge in [0.2, 0.25) is 0 Å². The van der Waals surface area contributed by atoms with Gasteiger partial charge in [-0.1, -0.05) is 6.92 Å². The molecule has 1 aliphatic heterocycles. The van der Waals surface area contributed by atoms with E-state index in [-0.39, 0.29) is 18.0 Å². The summed E-state index contributed by atoms with van der Waals surface area (Å²) in [5, 5.41) is 13.0. The lowest BCUT2D eigenvalue weighted by Crippen LogP contribution is -2.37. The van der Waals surface area contributed by atoms with Crippen LogP contribution in [0.5, 0.6) is 0 Å². The van der Waals surface area contributed by atoms with Crippen molar-refractivity contribution in [2.45, 2.75) is 45.3 Å². The Labute approximate surface area is 120 Å². The minimum absolute atomic E-state index is 0.132. The lowest BCUT2D eigenvalue weighted by molar-refractivity contribution is 0.145. The third-order valence-electron chi connectivity index (χ3n) is 3.96. The molecule has 1 unspecified atom stereocenters. The van der Waals surface area contributed by atoms with E-state index in [2.05, 4.69) is 24.1 Å². The zero-order chi connectivity index (χ0) is 14.5. The van der Waals surface area contributed by atoms with Gasteiger partial charge >= 0.3 is 0 Å². The van der Waals surface area contributed by atoms with Crippen molar-refractivity contribution in [2.75, 3.05) is 24.5 Å². The summed E-state index contributed by atoms with van der Waals surface area (Å²) in [7, 11) is 0. The van der Waals surface area contributed by atoms with Gasteiger partial charge in [0, 0.05) is 24.8 Å². The smallest absolute Gasteiger partial charge is 0.123 e. The fourth-order valence-electron chi connectivity index (χ4n) is 2.74. The maximum Gasteiger partial charge on any atom is 0.123 e. The van der Waals surface area contributed by atoms with Crippen molar-refractivity contribution in [1.82, 2.24) is 5.32 Å². The Morgan fingerprint density at radius 1 is 1.40 bits per heavy atom. The Bertz CT molecular complexity index is 430. The standard InChI is InChI=1S/C16H25FN2O/c1-3-8-18-12(2)15-11-13(17)4-5-16(15)19-9-6-14(20)7-10-19/h4-5,11-12,14,18,20H,3,6-10H2,1-2H3. The summed E-state index contributed by atoms with van der Waals surface area (Å²) in [4.78, 5) is 2.26. The van der Waals surface area contributed by atoms with Gasteiger partial charge in [0.15, 0.2) is 0 Å². The molecule has 0 aliphatic carbocycles. The Balaban J connectivity index is 2.19. The second-order valence-electron chi connectivity index (χ2n) is 5.60. The van der Waals surface area contributed by atoms with Gasteiger partial charge in [0.1, 0.15) is 5.82 Å². The molecular weight excluding hydrogens is 255 g/mol. The summed E-state index contributed by atoms with van der Waals surface area (Å²) in [6, 6.07) is 5.16. The fraction of sp³-hybridized carbons (Fsp3) is 0.625. The van der Waals surface area contributed by atoms with Crippen LogP contribution in [0.15, 0.2) is 18.2 Å². The van der Waals surface area contributed by atoms with Crippen LogP contribution in [-0.2, 0) is 0 Å². The topological polar surface area (TPSA) is 35.5 Å². The number of nitrogens with zero attached hydrogens (tertiary/aromatic N) is 1. The second kappa shape index (κ2) is 7.04. The predicted molar refractivity (Wildman–Crippen MR) is 80.6 cm³/mol. The molecule has 0 amide bonds. The Hall–Kier alpha value is -1.13. The van der Waals surface area contributed by atoms with Gasteiger partial charge in [0.25, 0.3) is 0 Å². The lowest BCUT2D eigenvalue weighted by Gasteiger charge is -2.34. The van der Waals surface area contributed by atoms with E-state index in [0.29, 0.717) is 0 Å². The molecule has 1 saturated heterocycles. The summed E-state index contributed by atoms with van der Waals surface area (Å²) in [6.07, 6.45) is 2.44. The number of hydrogen-bond donors (Lipinski definition) is 2. The number of aliphatic hydroxyl groups is 1. The van der Waals surface area contributed by atoms with Crippen LogP contribution in [0.25, 0.3) is 0 Å². The Morgan fingerprint density at radius 2 is 2.10 bits per heavy atom. The molecule has 0 spiro atoms. The maximum atomic E-state index is 13.6. The van der Waals surface area contributed by atoms with E-state index in [1.807, 2.05) is 6.07 Å². The molecule has 4 heteroatoms. The number of anilines is 1. The van der Waals surface area contributed by atoms with Crippen molar-refractivity contribution in [3.63, 3.8) is 0 Å². The normalized spacial score (nSPS) is 18.3. The first kappa shape index (κ1) is 15.3. The van der Waals surface area contributed by atoms with Crippen LogP contribution in [0, 0.1) is 5.82 Å². The maximum absolute atomic E-state index is 13.6. The highest BCUT2D eigenvalue weighted by atomic mass is 19.1. The minimum atomic E-state index is -0.189. The molecule has 1 aliphatic rings. The highest BCUT2D eigenvalue weighted by molar-refractivity contribution is 5.55. The van der Waals surface area contributed by atoms with Crippen molar-refractivity contribution in [2.24, 2.45) is 0 Å². The number of hydrogen-bond acceptors (Lipinski definition) is 3. The summed E-state index contributed by atoms with van der Waals surface area (Å²) in [5.74, 6) is -0.189. The van der Waals surface area contributed by atoms with E-state index in [9.17, 15) is 9.50 Å². The summed E-state index contributed by atoms with van der Waals surface area (Å²) in [5.41, 5.74) is 2.10. The SMILES string of the molecule is CCCNC(C)c1cc(F)ccc1N1CCC(O)CC1. The number of benzene rings is 1. The van der Waals surface area contributed by atoms with E-state index in [1.165, 1.54) is 6.07 Å². The molecule has 1 heterocycles. The van der Waals surface area contributed by atoms with E-state index >= 15 is 0 Å². The molecule has 1 aromatic carbocycles. The molecular formula is C16H25FN2O. The molecule has 2 N–H and O–H groups in total. The predicted octanol–water partition coefficient (Wildman–Crippen LogP) is 2.85. The van der Waals surface area contributed by atoms with E-state index in [0.717, 1.165) is 50.1 Å². The monoisotopic (exact) mass is 280 g/mol. The van der Waals surface area contributed by atoms with Crippen molar-refractivity contribution in [3.8, 4) is 0 Å². The summed E-state index contributed by atoms with van der Waals surface area (Å²) in [6.45, 7) is 6.79. The molecule has 0 aromatic heterocycles. The number of piperidine rings is 1. The van der Waals surface area contributed by atoms with Gasteiger partial charge in [-0.25, -0.2) is 4.39 Å². The van der Waals surface area contributed by atoms with E-state index in [4.69, 9.17) is 0 Å². The van der Waals surface area contributed by atoms with Crippen LogP contribution in [0.4, 0.5) is 10.1 Å². The molecule has 112 valence electrons. The van der Waals surface area contributed by atoms with E-state index in [1.54, 1.807) is 6.07 Å². The average Bonchev–Trinajstić information content (AvgIpc) is 2.46. The molecule has 0 saturated carbocycles. The van der Waals surface area contributed by atoms with Gasteiger partial charge in [0.05, 0.1) is 6.10 Å².